The molecule has 162 valence electrons. The molecule has 1 aliphatic rings. The van der Waals surface area contributed by atoms with Gasteiger partial charge in [-0.2, -0.15) is 0 Å². The maximum Gasteiger partial charge on any atom is 0.407 e. The van der Waals surface area contributed by atoms with Crippen LogP contribution >= 0.6 is 0 Å². The molecule has 4 rings (SSSR count). The van der Waals surface area contributed by atoms with Crippen molar-refractivity contribution in [1.82, 2.24) is 5.32 Å². The summed E-state index contributed by atoms with van der Waals surface area (Å²) in [6.45, 7) is 0.256. The van der Waals surface area contributed by atoms with Crippen molar-refractivity contribution in [2.24, 2.45) is 0 Å². The lowest BCUT2D eigenvalue weighted by Gasteiger charge is -2.14. The maximum absolute atomic E-state index is 13.6. The topological polar surface area (TPSA) is 102 Å². The van der Waals surface area contributed by atoms with Gasteiger partial charge in [-0.25, -0.2) is 9.18 Å². The Morgan fingerprint density at radius 1 is 1.12 bits per heavy atom. The van der Waals surface area contributed by atoms with Gasteiger partial charge in [0.25, 0.3) is 0 Å². The van der Waals surface area contributed by atoms with Gasteiger partial charge in [-0.15, -0.1) is 0 Å². The molecule has 0 bridgehead atoms. The van der Waals surface area contributed by atoms with Crippen LogP contribution in [0.25, 0.3) is 17.2 Å². The van der Waals surface area contributed by atoms with Gasteiger partial charge in [0.1, 0.15) is 6.61 Å². The van der Waals surface area contributed by atoms with E-state index in [1.807, 2.05) is 36.4 Å². The minimum absolute atomic E-state index is 0.0517. The number of aromatic hydroxyl groups is 1. The first-order valence-corrected chi connectivity index (χ1v) is 9.88. The summed E-state index contributed by atoms with van der Waals surface area (Å²) in [7, 11) is 0. The predicted molar refractivity (Wildman–Crippen MR) is 117 cm³/mol. The molecule has 0 aliphatic heterocycles. The van der Waals surface area contributed by atoms with Crippen LogP contribution < -0.4 is 5.32 Å². The molecule has 2 N–H and O–H groups in total. The van der Waals surface area contributed by atoms with E-state index in [4.69, 9.17) is 4.74 Å². The van der Waals surface area contributed by atoms with E-state index < -0.39 is 28.3 Å². The van der Waals surface area contributed by atoms with Crippen LogP contribution in [0.4, 0.5) is 14.9 Å². The second-order valence-electron chi connectivity index (χ2n) is 7.24. The summed E-state index contributed by atoms with van der Waals surface area (Å²) in [5, 5.41) is 22.8. The van der Waals surface area contributed by atoms with Gasteiger partial charge in [0, 0.05) is 18.5 Å². The van der Waals surface area contributed by atoms with Gasteiger partial charge in [-0.1, -0.05) is 60.7 Å². The highest BCUT2D eigenvalue weighted by Gasteiger charge is 2.28. The van der Waals surface area contributed by atoms with Crippen LogP contribution in [0.2, 0.25) is 0 Å². The largest absolute Gasteiger partial charge is 0.500 e. The molecule has 0 spiro atoms. The quantitative estimate of drug-likeness (QED) is 0.420. The van der Waals surface area contributed by atoms with E-state index in [0.29, 0.717) is 0 Å². The number of carbonyl (C=O) groups excluding carboxylic acids is 1. The molecule has 0 heterocycles. The fourth-order valence-electron chi connectivity index (χ4n) is 3.83. The molecule has 8 heteroatoms. The van der Waals surface area contributed by atoms with Crippen LogP contribution in [-0.2, 0) is 4.74 Å². The molecular weight excluding hydrogens is 415 g/mol. The number of nitrogens with one attached hydrogen (secondary N) is 1. The zero-order valence-electron chi connectivity index (χ0n) is 16.8. The number of nitro benzene ring substituents is 1. The summed E-state index contributed by atoms with van der Waals surface area (Å²) >= 11 is 0. The van der Waals surface area contributed by atoms with Crippen LogP contribution in [0, 0.1) is 15.9 Å². The molecule has 0 saturated heterocycles. The highest BCUT2D eigenvalue weighted by Crippen LogP contribution is 2.44. The zero-order valence-corrected chi connectivity index (χ0v) is 16.8. The van der Waals surface area contributed by atoms with Gasteiger partial charge in [-0.05, 0) is 33.9 Å². The van der Waals surface area contributed by atoms with E-state index in [9.17, 15) is 24.4 Å². The van der Waals surface area contributed by atoms with E-state index in [1.165, 1.54) is 12.2 Å². The first kappa shape index (κ1) is 21.0. The summed E-state index contributed by atoms with van der Waals surface area (Å²) < 4.78 is 19.0. The fraction of sp³-hybridized carbons (Fsp3) is 0.125. The first-order chi connectivity index (χ1) is 15.5. The van der Waals surface area contributed by atoms with Crippen molar-refractivity contribution >= 4 is 17.9 Å². The number of nitro groups is 1. The third-order valence-corrected chi connectivity index (χ3v) is 5.28. The van der Waals surface area contributed by atoms with Crippen molar-refractivity contribution in [2.45, 2.75) is 5.92 Å². The Kier molecular flexibility index (Phi) is 5.85. The van der Waals surface area contributed by atoms with E-state index in [2.05, 4.69) is 17.4 Å². The van der Waals surface area contributed by atoms with Gasteiger partial charge in [0.05, 0.1) is 4.92 Å². The van der Waals surface area contributed by atoms with Gasteiger partial charge < -0.3 is 15.2 Å². The number of phenolic OH excluding ortho intramolecular Hbond substituents is 1. The van der Waals surface area contributed by atoms with Gasteiger partial charge in [0.15, 0.2) is 5.82 Å². The van der Waals surface area contributed by atoms with Crippen LogP contribution in [-0.4, -0.2) is 29.3 Å². The van der Waals surface area contributed by atoms with Crippen LogP contribution in [0.1, 0.15) is 22.6 Å². The number of fused-ring (bicyclic) bond motifs is 3. The van der Waals surface area contributed by atoms with Crippen molar-refractivity contribution in [3.8, 4) is 16.9 Å². The summed E-state index contributed by atoms with van der Waals surface area (Å²) in [6.07, 6.45) is 2.29. The monoisotopic (exact) mass is 434 g/mol. The predicted octanol–water partition coefficient (Wildman–Crippen LogP) is 4.99. The lowest BCUT2D eigenvalue weighted by Crippen LogP contribution is -2.26. The second kappa shape index (κ2) is 8.89. The van der Waals surface area contributed by atoms with Crippen molar-refractivity contribution in [3.05, 3.63) is 99.4 Å². The Morgan fingerprint density at radius 2 is 1.75 bits per heavy atom. The average Bonchev–Trinajstić information content (AvgIpc) is 3.11. The number of nitrogens with zero attached hydrogens (tertiary/aromatic N) is 1. The summed E-state index contributed by atoms with van der Waals surface area (Å²) in [4.78, 5) is 22.1. The number of benzene rings is 3. The number of rotatable bonds is 6. The molecule has 0 aromatic heterocycles. The smallest absolute Gasteiger partial charge is 0.407 e. The first-order valence-electron chi connectivity index (χ1n) is 9.88. The van der Waals surface area contributed by atoms with E-state index in [0.717, 1.165) is 34.4 Å². The van der Waals surface area contributed by atoms with Gasteiger partial charge in [0.2, 0.25) is 5.75 Å². The SMILES string of the molecule is O=C(NCC=Cc1cc(F)c(O)c([N+](=O)[O-])c1)OCC1c2ccccc2-c2ccccc21. The molecule has 32 heavy (non-hydrogen) atoms. The summed E-state index contributed by atoms with van der Waals surface area (Å²) in [6, 6.07) is 18.0. The highest BCUT2D eigenvalue weighted by atomic mass is 19.1. The standard InChI is InChI=1S/C24H19FN2O5/c25-21-12-15(13-22(23(21)28)27(30)31)6-5-11-26-24(29)32-14-20-18-9-3-1-7-16(18)17-8-2-4-10-19(17)20/h1-10,12-13,20,28H,11,14H2,(H,26,29). The normalized spacial score (nSPS) is 12.4. The van der Waals surface area contributed by atoms with Crippen LogP contribution in [0.3, 0.4) is 0 Å². The molecule has 0 saturated carbocycles. The van der Waals surface area contributed by atoms with Gasteiger partial charge >= 0.3 is 11.8 Å². The Morgan fingerprint density at radius 3 is 2.38 bits per heavy atom. The lowest BCUT2D eigenvalue weighted by molar-refractivity contribution is -0.386. The molecule has 1 aliphatic carbocycles. The zero-order chi connectivity index (χ0) is 22.7. The number of ether oxygens (including phenoxy) is 1. The molecule has 1 amide bonds. The number of amides is 1. The third-order valence-electron chi connectivity index (χ3n) is 5.28. The Labute approximate surface area is 182 Å². The maximum atomic E-state index is 13.6. The molecule has 3 aromatic carbocycles. The van der Waals surface area contributed by atoms with E-state index >= 15 is 0 Å². The van der Waals surface area contributed by atoms with E-state index in [-0.39, 0.29) is 24.6 Å². The lowest BCUT2D eigenvalue weighted by atomic mass is 9.98. The molecular formula is C24H19FN2O5. The molecule has 0 atom stereocenters. The number of halogens is 1. The highest BCUT2D eigenvalue weighted by molar-refractivity contribution is 5.79. The van der Waals surface area contributed by atoms with Crippen molar-refractivity contribution in [3.63, 3.8) is 0 Å². The number of phenols is 1. The minimum atomic E-state index is -1.09. The minimum Gasteiger partial charge on any atom is -0.500 e. The number of hydrogen-bond acceptors (Lipinski definition) is 5. The van der Waals surface area contributed by atoms with Crippen molar-refractivity contribution in [1.29, 1.82) is 0 Å². The van der Waals surface area contributed by atoms with Crippen LogP contribution in [0.15, 0.2) is 66.7 Å². The molecule has 0 fully saturated rings. The number of alkyl carbamates (subject to hydrolysis) is 1. The van der Waals surface area contributed by atoms with Gasteiger partial charge in [-0.3, -0.25) is 10.1 Å². The van der Waals surface area contributed by atoms with Crippen molar-refractivity contribution < 1.29 is 24.0 Å². The average molecular weight is 434 g/mol. The Balaban J connectivity index is 1.34. The molecule has 3 aromatic rings. The Hall–Kier alpha value is -4.20. The number of hydrogen-bond donors (Lipinski definition) is 2. The summed E-state index contributed by atoms with van der Waals surface area (Å²) in [5.74, 6) is -2.16. The second-order valence-corrected chi connectivity index (χ2v) is 7.24. The molecule has 0 unspecified atom stereocenters. The number of carbonyl (C=O) groups is 1. The third kappa shape index (κ3) is 4.15. The fourth-order valence-corrected chi connectivity index (χ4v) is 3.83. The Bertz CT molecular complexity index is 1180. The van der Waals surface area contributed by atoms with Crippen LogP contribution in [0.5, 0.6) is 5.75 Å². The summed E-state index contributed by atoms with van der Waals surface area (Å²) in [5.41, 5.74) is 3.94. The van der Waals surface area contributed by atoms with Crippen molar-refractivity contribution in [2.75, 3.05) is 13.2 Å². The molecule has 7 nitrogen and oxygen atoms in total. The van der Waals surface area contributed by atoms with E-state index in [1.54, 1.807) is 0 Å². The molecule has 0 radical (unpaired) electrons.